The van der Waals surface area contributed by atoms with Crippen molar-refractivity contribution in [3.05, 3.63) is 53.2 Å². The molecule has 0 fully saturated rings. The van der Waals surface area contributed by atoms with Crippen molar-refractivity contribution in [3.63, 3.8) is 0 Å². The number of nitrogens with two attached hydrogens (primary N) is 1. The minimum atomic E-state index is 0.767. The van der Waals surface area contributed by atoms with Gasteiger partial charge in [-0.15, -0.1) is 0 Å². The summed E-state index contributed by atoms with van der Waals surface area (Å²) in [6, 6.07) is 11.6. The quantitative estimate of drug-likeness (QED) is 0.712. The van der Waals surface area contributed by atoms with E-state index >= 15 is 0 Å². The van der Waals surface area contributed by atoms with E-state index in [2.05, 4.69) is 9.97 Å². The number of nitrogen functional groups attached to an aromatic ring is 1. The zero-order chi connectivity index (χ0) is 12.4. The highest BCUT2D eigenvalue weighted by molar-refractivity contribution is 7.18. The Hall–Kier alpha value is -2.20. The van der Waals surface area contributed by atoms with Crippen LogP contribution in [0.2, 0.25) is 0 Å². The molecule has 3 rings (SSSR count). The molecule has 3 nitrogen and oxygen atoms in total. The summed E-state index contributed by atoms with van der Waals surface area (Å²) in [6.45, 7) is 0. The molecule has 3 aromatic rings. The number of nitrogens with zero attached hydrogens (tertiary/aromatic N) is 2. The van der Waals surface area contributed by atoms with Gasteiger partial charge in [0.25, 0.3) is 0 Å². The van der Waals surface area contributed by atoms with E-state index < -0.39 is 0 Å². The summed E-state index contributed by atoms with van der Waals surface area (Å²) >= 11 is 1.58. The molecule has 0 atom stereocenters. The smallest absolute Gasteiger partial charge is 0.143 e. The molecule has 0 bridgehead atoms. The van der Waals surface area contributed by atoms with Gasteiger partial charge < -0.3 is 5.73 Å². The molecular weight excluding hydrogens is 242 g/mol. The van der Waals surface area contributed by atoms with E-state index in [-0.39, 0.29) is 0 Å². The molecule has 1 aromatic carbocycles. The maximum Gasteiger partial charge on any atom is 0.143 e. The maximum atomic E-state index is 5.73. The predicted molar refractivity (Wildman–Crippen MR) is 77.2 cm³/mol. The van der Waals surface area contributed by atoms with E-state index in [9.17, 15) is 0 Å². The van der Waals surface area contributed by atoms with Gasteiger partial charge in [0.05, 0.1) is 0 Å². The number of hydrogen-bond acceptors (Lipinski definition) is 4. The molecule has 0 saturated carbocycles. The summed E-state index contributed by atoms with van der Waals surface area (Å²) < 4.78 is 0. The molecule has 2 aromatic heterocycles. The third-order valence-corrected chi connectivity index (χ3v) is 3.46. The van der Waals surface area contributed by atoms with Crippen molar-refractivity contribution in [3.8, 4) is 0 Å². The summed E-state index contributed by atoms with van der Waals surface area (Å²) in [4.78, 5) is 9.72. The van der Waals surface area contributed by atoms with Crippen LogP contribution >= 0.6 is 11.3 Å². The summed E-state index contributed by atoms with van der Waals surface area (Å²) in [7, 11) is 0. The summed E-state index contributed by atoms with van der Waals surface area (Å²) in [6.07, 6.45) is 5.78. The molecule has 4 heteroatoms. The largest absolute Gasteiger partial charge is 0.399 e. The van der Waals surface area contributed by atoms with Crippen LogP contribution in [0.25, 0.3) is 22.5 Å². The fraction of sp³-hybridized carbons (Fsp3) is 0. The van der Waals surface area contributed by atoms with Gasteiger partial charge in [-0.2, -0.15) is 0 Å². The van der Waals surface area contributed by atoms with Crippen LogP contribution in [0.1, 0.15) is 10.6 Å². The number of fused-ring (bicyclic) bond motifs is 1. The van der Waals surface area contributed by atoms with E-state index in [1.807, 2.05) is 48.6 Å². The Kier molecular flexibility index (Phi) is 2.78. The highest BCUT2D eigenvalue weighted by Gasteiger charge is 2.00. The van der Waals surface area contributed by atoms with E-state index in [1.54, 1.807) is 17.5 Å². The van der Waals surface area contributed by atoms with Crippen molar-refractivity contribution in [1.82, 2.24) is 9.97 Å². The lowest BCUT2D eigenvalue weighted by Crippen LogP contribution is -1.83. The molecule has 0 amide bonds. The molecule has 18 heavy (non-hydrogen) atoms. The lowest BCUT2D eigenvalue weighted by Gasteiger charge is -1.94. The first-order valence-corrected chi connectivity index (χ1v) is 6.38. The monoisotopic (exact) mass is 253 g/mol. The molecule has 0 spiro atoms. The number of aromatic nitrogens is 2. The van der Waals surface area contributed by atoms with Crippen molar-refractivity contribution in [2.45, 2.75) is 0 Å². The van der Waals surface area contributed by atoms with Gasteiger partial charge in [0.2, 0.25) is 0 Å². The predicted octanol–water partition coefficient (Wildman–Crippen LogP) is 3.44. The highest BCUT2D eigenvalue weighted by atomic mass is 32.1. The van der Waals surface area contributed by atoms with Crippen LogP contribution in [0.4, 0.5) is 5.69 Å². The van der Waals surface area contributed by atoms with Gasteiger partial charge in [-0.25, -0.2) is 9.97 Å². The number of pyridine rings is 1. The first-order chi connectivity index (χ1) is 8.81. The number of thiazole rings is 1. The van der Waals surface area contributed by atoms with Crippen molar-refractivity contribution in [1.29, 1.82) is 0 Å². The van der Waals surface area contributed by atoms with Crippen LogP contribution < -0.4 is 5.73 Å². The molecule has 0 radical (unpaired) electrons. The zero-order valence-corrected chi connectivity index (χ0v) is 10.4. The average molecular weight is 253 g/mol. The summed E-state index contributed by atoms with van der Waals surface area (Å²) in [5.41, 5.74) is 8.51. The van der Waals surface area contributed by atoms with E-state index in [0.717, 1.165) is 26.6 Å². The Morgan fingerprint density at radius 3 is 2.89 bits per heavy atom. The van der Waals surface area contributed by atoms with Crippen LogP contribution in [0, 0.1) is 0 Å². The van der Waals surface area contributed by atoms with Gasteiger partial charge in [-0.05, 0) is 35.9 Å². The van der Waals surface area contributed by atoms with Gasteiger partial charge in [0.15, 0.2) is 0 Å². The molecule has 2 N–H and O–H groups in total. The fourth-order valence-electron chi connectivity index (χ4n) is 1.69. The molecule has 0 unspecified atom stereocenters. The molecular formula is C14H11N3S. The van der Waals surface area contributed by atoms with Gasteiger partial charge in [-0.3, -0.25) is 0 Å². The Balaban J connectivity index is 1.92. The van der Waals surface area contributed by atoms with Gasteiger partial charge in [0.1, 0.15) is 15.4 Å². The van der Waals surface area contributed by atoms with Crippen molar-refractivity contribution < 1.29 is 0 Å². The van der Waals surface area contributed by atoms with E-state index in [1.165, 1.54) is 0 Å². The number of rotatable bonds is 2. The average Bonchev–Trinajstić information content (AvgIpc) is 2.79. The third-order valence-electron chi connectivity index (χ3n) is 2.51. The van der Waals surface area contributed by atoms with Gasteiger partial charge >= 0.3 is 0 Å². The zero-order valence-electron chi connectivity index (χ0n) is 9.58. The normalized spacial score (nSPS) is 11.3. The molecule has 0 aliphatic heterocycles. The van der Waals surface area contributed by atoms with Crippen molar-refractivity contribution in [2.24, 2.45) is 0 Å². The van der Waals surface area contributed by atoms with Crippen LogP contribution in [0.5, 0.6) is 0 Å². The van der Waals surface area contributed by atoms with Crippen LogP contribution in [0.15, 0.2) is 42.6 Å². The summed E-state index contributed by atoms with van der Waals surface area (Å²) in [5, 5.41) is 0.950. The maximum absolute atomic E-state index is 5.73. The second-order valence-corrected chi connectivity index (χ2v) is 4.89. The molecule has 0 saturated heterocycles. The highest BCUT2D eigenvalue weighted by Crippen LogP contribution is 2.21. The number of hydrogen-bond donors (Lipinski definition) is 1. The second kappa shape index (κ2) is 4.58. The van der Waals surface area contributed by atoms with Gasteiger partial charge in [0, 0.05) is 11.9 Å². The topological polar surface area (TPSA) is 51.8 Å². The van der Waals surface area contributed by atoms with Crippen LogP contribution in [-0.4, -0.2) is 9.97 Å². The molecule has 0 aliphatic carbocycles. The Labute approximate surface area is 109 Å². The first kappa shape index (κ1) is 10.9. The number of benzene rings is 1. The van der Waals surface area contributed by atoms with Crippen molar-refractivity contribution >= 4 is 39.5 Å². The summed E-state index contributed by atoms with van der Waals surface area (Å²) in [5.74, 6) is 0. The standard InChI is InChI=1S/C14H11N3S/c15-11-4-1-3-10(9-11)6-7-13-17-12-5-2-8-16-14(12)18-13/h1-9H,15H2/b7-6+. The third kappa shape index (κ3) is 2.24. The van der Waals surface area contributed by atoms with E-state index in [4.69, 9.17) is 5.73 Å². The van der Waals surface area contributed by atoms with Crippen LogP contribution in [0.3, 0.4) is 0 Å². The molecule has 88 valence electrons. The van der Waals surface area contributed by atoms with Gasteiger partial charge in [-0.1, -0.05) is 29.5 Å². The fourth-order valence-corrected chi connectivity index (χ4v) is 2.50. The second-order valence-electron chi connectivity index (χ2n) is 3.88. The molecule has 0 aliphatic rings. The lowest BCUT2D eigenvalue weighted by atomic mass is 10.2. The SMILES string of the molecule is Nc1cccc(/C=C/c2nc3cccnc3s2)c1. The van der Waals surface area contributed by atoms with E-state index in [0.29, 0.717) is 0 Å². The first-order valence-electron chi connectivity index (χ1n) is 5.56. The number of anilines is 1. The minimum Gasteiger partial charge on any atom is -0.399 e. The minimum absolute atomic E-state index is 0.767. The van der Waals surface area contributed by atoms with Crippen molar-refractivity contribution in [2.75, 3.05) is 5.73 Å². The Morgan fingerprint density at radius 2 is 2.06 bits per heavy atom. The Bertz CT molecular complexity index is 683. The lowest BCUT2D eigenvalue weighted by molar-refractivity contribution is 1.40. The Morgan fingerprint density at radius 1 is 1.11 bits per heavy atom. The van der Waals surface area contributed by atoms with Crippen LogP contribution in [-0.2, 0) is 0 Å². The molecule has 2 heterocycles.